The molecule has 0 aromatic carbocycles. The lowest BCUT2D eigenvalue weighted by Gasteiger charge is -2.11. The second-order valence-corrected chi connectivity index (χ2v) is 4.60. The molecule has 0 bridgehead atoms. The van der Waals surface area contributed by atoms with Gasteiger partial charge >= 0.3 is 0 Å². The van der Waals surface area contributed by atoms with Gasteiger partial charge in [0.2, 0.25) is 0 Å². The van der Waals surface area contributed by atoms with Crippen molar-refractivity contribution in [2.45, 2.75) is 20.3 Å². The Balaban J connectivity index is 2.18. The lowest BCUT2D eigenvalue weighted by Crippen LogP contribution is -2.17. The molecular weight excluding hydrogens is 254 g/mol. The van der Waals surface area contributed by atoms with Crippen molar-refractivity contribution in [3.05, 3.63) is 35.8 Å². The average molecular weight is 273 g/mol. The minimum Gasteiger partial charge on any atom is -0.384 e. The van der Waals surface area contributed by atoms with Gasteiger partial charge in [-0.3, -0.25) is 14.5 Å². The lowest BCUT2D eigenvalue weighted by atomic mass is 10.2. The van der Waals surface area contributed by atoms with E-state index in [0.29, 0.717) is 11.4 Å². The molecule has 0 atom stereocenters. The molecule has 0 aliphatic rings. The smallest absolute Gasteiger partial charge is 0.260 e. The number of hydrogen-bond acceptors (Lipinski definition) is 4. The highest BCUT2D eigenvalue weighted by Gasteiger charge is 2.13. The molecule has 0 aliphatic carbocycles. The number of carbonyl (C=O) groups excluding carboxylic acids is 1. The van der Waals surface area contributed by atoms with E-state index >= 15 is 0 Å². The summed E-state index contributed by atoms with van der Waals surface area (Å²) in [6.45, 7) is 4.77. The Morgan fingerprint density at radius 2 is 2.25 bits per heavy atom. The van der Waals surface area contributed by atoms with Crippen LogP contribution >= 0.6 is 0 Å². The van der Waals surface area contributed by atoms with Gasteiger partial charge in [0.05, 0.1) is 16.9 Å². The predicted molar refractivity (Wildman–Crippen MR) is 78.9 cm³/mol. The fraction of sp³-hybridized carbons (Fsp3) is 0.357. The van der Waals surface area contributed by atoms with Crippen molar-refractivity contribution in [1.82, 2.24) is 14.8 Å². The first-order valence-electron chi connectivity index (χ1n) is 6.61. The number of nitrogens with zero attached hydrogens (tertiary/aromatic N) is 3. The highest BCUT2D eigenvalue weighted by molar-refractivity contribution is 6.07. The third-order valence-electron chi connectivity index (χ3n) is 2.87. The van der Waals surface area contributed by atoms with Crippen molar-refractivity contribution in [2.24, 2.45) is 7.05 Å². The zero-order chi connectivity index (χ0) is 14.5. The summed E-state index contributed by atoms with van der Waals surface area (Å²) in [5, 5.41) is 10.3. The van der Waals surface area contributed by atoms with Gasteiger partial charge < -0.3 is 10.6 Å². The molecule has 0 spiro atoms. The van der Waals surface area contributed by atoms with Crippen molar-refractivity contribution in [1.29, 1.82) is 0 Å². The highest BCUT2D eigenvalue weighted by Crippen LogP contribution is 2.16. The maximum absolute atomic E-state index is 12.3. The molecule has 0 aliphatic heterocycles. The maximum Gasteiger partial charge on any atom is 0.260 e. The Morgan fingerprint density at radius 1 is 1.45 bits per heavy atom. The van der Waals surface area contributed by atoms with Crippen LogP contribution in [0.1, 0.15) is 29.4 Å². The zero-order valence-electron chi connectivity index (χ0n) is 12.0. The summed E-state index contributed by atoms with van der Waals surface area (Å²) in [7, 11) is 1.79. The third kappa shape index (κ3) is 3.14. The number of amides is 1. The monoisotopic (exact) mass is 273 g/mol. The van der Waals surface area contributed by atoms with Crippen LogP contribution in [0, 0.1) is 6.92 Å². The van der Waals surface area contributed by atoms with E-state index < -0.39 is 0 Å². The van der Waals surface area contributed by atoms with Crippen LogP contribution in [0.5, 0.6) is 0 Å². The molecule has 1 amide bonds. The van der Waals surface area contributed by atoms with Gasteiger partial charge in [0.15, 0.2) is 0 Å². The van der Waals surface area contributed by atoms with Crippen molar-refractivity contribution in [3.8, 4) is 0 Å². The van der Waals surface area contributed by atoms with Gasteiger partial charge in [-0.2, -0.15) is 5.10 Å². The first kappa shape index (κ1) is 14.0. The standard InChI is InChI=1S/C14H19N5O/c1-4-6-16-12-5-7-15-9-11(12)14(20)17-13-8-10(2)18-19(13)3/h5,7-9H,4,6H2,1-3H3,(H,15,16)(H,17,20). The van der Waals surface area contributed by atoms with Gasteiger partial charge in [-0.1, -0.05) is 6.92 Å². The number of carbonyl (C=O) groups is 1. The number of rotatable bonds is 5. The summed E-state index contributed by atoms with van der Waals surface area (Å²) < 4.78 is 1.64. The van der Waals surface area contributed by atoms with E-state index in [1.807, 2.05) is 13.0 Å². The second kappa shape index (κ2) is 6.18. The molecule has 20 heavy (non-hydrogen) atoms. The van der Waals surface area contributed by atoms with Crippen molar-refractivity contribution >= 4 is 17.4 Å². The molecule has 0 saturated heterocycles. The van der Waals surface area contributed by atoms with E-state index in [1.54, 1.807) is 30.2 Å². The maximum atomic E-state index is 12.3. The van der Waals surface area contributed by atoms with Crippen LogP contribution < -0.4 is 10.6 Å². The fourth-order valence-corrected chi connectivity index (χ4v) is 1.90. The molecule has 2 aromatic heterocycles. The normalized spacial score (nSPS) is 10.3. The van der Waals surface area contributed by atoms with Crippen LogP contribution in [-0.4, -0.2) is 27.2 Å². The van der Waals surface area contributed by atoms with E-state index in [9.17, 15) is 4.79 Å². The average Bonchev–Trinajstić information content (AvgIpc) is 2.75. The number of hydrogen-bond donors (Lipinski definition) is 2. The summed E-state index contributed by atoms with van der Waals surface area (Å²) in [6.07, 6.45) is 4.23. The first-order valence-corrected chi connectivity index (χ1v) is 6.61. The SMILES string of the molecule is CCCNc1ccncc1C(=O)Nc1cc(C)nn1C. The Morgan fingerprint density at radius 3 is 2.90 bits per heavy atom. The van der Waals surface area contributed by atoms with Crippen LogP contribution in [0.2, 0.25) is 0 Å². The number of aryl methyl sites for hydroxylation is 2. The minimum absolute atomic E-state index is 0.195. The zero-order valence-corrected chi connectivity index (χ0v) is 12.0. The van der Waals surface area contributed by atoms with Crippen LogP contribution in [0.15, 0.2) is 24.5 Å². The van der Waals surface area contributed by atoms with E-state index in [2.05, 4.69) is 27.6 Å². The van der Waals surface area contributed by atoms with Gasteiger partial charge in [0.1, 0.15) is 5.82 Å². The molecule has 106 valence electrons. The number of aromatic nitrogens is 3. The quantitative estimate of drug-likeness (QED) is 0.876. The van der Waals surface area contributed by atoms with E-state index in [0.717, 1.165) is 24.3 Å². The predicted octanol–water partition coefficient (Wildman–Crippen LogP) is 2.20. The summed E-state index contributed by atoms with van der Waals surface area (Å²) in [5.41, 5.74) is 2.18. The number of anilines is 2. The Hall–Kier alpha value is -2.37. The molecule has 2 aromatic rings. The Kier molecular flexibility index (Phi) is 4.34. The van der Waals surface area contributed by atoms with Crippen molar-refractivity contribution in [2.75, 3.05) is 17.2 Å². The Bertz CT molecular complexity index is 605. The Labute approximate surface area is 118 Å². The second-order valence-electron chi connectivity index (χ2n) is 4.60. The molecule has 2 N–H and O–H groups in total. The molecule has 6 heteroatoms. The van der Waals surface area contributed by atoms with Crippen LogP contribution in [0.3, 0.4) is 0 Å². The van der Waals surface area contributed by atoms with Crippen LogP contribution in [0.25, 0.3) is 0 Å². The first-order chi connectivity index (χ1) is 9.61. The number of nitrogens with one attached hydrogen (secondary N) is 2. The van der Waals surface area contributed by atoms with Gasteiger partial charge in [-0.05, 0) is 19.4 Å². The summed E-state index contributed by atoms with van der Waals surface area (Å²) in [6, 6.07) is 3.63. The molecule has 0 radical (unpaired) electrons. The van der Waals surface area contributed by atoms with Crippen molar-refractivity contribution in [3.63, 3.8) is 0 Å². The lowest BCUT2D eigenvalue weighted by molar-refractivity contribution is 0.102. The topological polar surface area (TPSA) is 71.8 Å². The molecule has 0 fully saturated rings. The molecule has 2 rings (SSSR count). The molecule has 2 heterocycles. The largest absolute Gasteiger partial charge is 0.384 e. The minimum atomic E-state index is -0.195. The summed E-state index contributed by atoms with van der Waals surface area (Å²) in [4.78, 5) is 16.3. The number of pyridine rings is 1. The molecule has 0 unspecified atom stereocenters. The van der Waals surface area contributed by atoms with Gasteiger partial charge in [0.25, 0.3) is 5.91 Å². The summed E-state index contributed by atoms with van der Waals surface area (Å²) >= 11 is 0. The van der Waals surface area contributed by atoms with Gasteiger partial charge in [-0.15, -0.1) is 0 Å². The van der Waals surface area contributed by atoms with Gasteiger partial charge in [-0.25, -0.2) is 0 Å². The molecular formula is C14H19N5O. The fourth-order valence-electron chi connectivity index (χ4n) is 1.90. The van der Waals surface area contributed by atoms with E-state index in [1.165, 1.54) is 0 Å². The van der Waals surface area contributed by atoms with Crippen molar-refractivity contribution < 1.29 is 4.79 Å². The summed E-state index contributed by atoms with van der Waals surface area (Å²) in [5.74, 6) is 0.470. The van der Waals surface area contributed by atoms with E-state index in [4.69, 9.17) is 0 Å². The van der Waals surface area contributed by atoms with Gasteiger partial charge in [0, 0.05) is 32.1 Å². The highest BCUT2D eigenvalue weighted by atomic mass is 16.1. The van der Waals surface area contributed by atoms with E-state index in [-0.39, 0.29) is 5.91 Å². The molecule has 0 saturated carbocycles. The molecule has 6 nitrogen and oxygen atoms in total. The third-order valence-corrected chi connectivity index (χ3v) is 2.87. The van der Waals surface area contributed by atoms with Crippen LogP contribution in [0.4, 0.5) is 11.5 Å². The van der Waals surface area contributed by atoms with Crippen LogP contribution in [-0.2, 0) is 7.05 Å².